The average molecular weight is 407 g/mol. The molecule has 1 N–H and O–H groups in total. The van der Waals surface area contributed by atoms with Crippen molar-refractivity contribution in [2.45, 2.75) is 31.9 Å². The van der Waals surface area contributed by atoms with E-state index in [1.807, 2.05) is 40.9 Å². The van der Waals surface area contributed by atoms with E-state index in [0.29, 0.717) is 30.8 Å². The third-order valence-electron chi connectivity index (χ3n) is 5.96. The zero-order valence-electron chi connectivity index (χ0n) is 16.6. The van der Waals surface area contributed by atoms with Gasteiger partial charge in [0.2, 0.25) is 0 Å². The molecule has 1 aliphatic rings. The molecule has 5 rings (SSSR count). The minimum Gasteiger partial charge on any atom is -0.317 e. The lowest BCUT2D eigenvalue weighted by atomic mass is 9.91. The fraction of sp³-hybridized carbons (Fsp3) is 0.348. The summed E-state index contributed by atoms with van der Waals surface area (Å²) in [6.07, 6.45) is 3.70. The molecule has 3 aromatic heterocycles. The summed E-state index contributed by atoms with van der Waals surface area (Å²) in [5, 5.41) is 12.5. The van der Waals surface area contributed by atoms with Crippen LogP contribution in [0.2, 0.25) is 0 Å². The van der Waals surface area contributed by atoms with Gasteiger partial charge >= 0.3 is 0 Å². The van der Waals surface area contributed by atoms with Crippen LogP contribution in [-0.4, -0.2) is 38.8 Å². The Morgan fingerprint density at radius 2 is 1.97 bits per heavy atom. The summed E-state index contributed by atoms with van der Waals surface area (Å²) < 4.78 is 30.6. The molecule has 0 spiro atoms. The van der Waals surface area contributed by atoms with Gasteiger partial charge in [-0.05, 0) is 80.6 Å². The van der Waals surface area contributed by atoms with Crippen molar-refractivity contribution < 1.29 is 8.78 Å². The van der Waals surface area contributed by atoms with Crippen molar-refractivity contribution in [1.82, 2.24) is 24.9 Å². The number of halogens is 2. The van der Waals surface area contributed by atoms with E-state index in [2.05, 4.69) is 15.5 Å². The molecule has 1 aliphatic heterocycles. The van der Waals surface area contributed by atoms with Crippen LogP contribution in [0.5, 0.6) is 0 Å². The predicted octanol–water partition coefficient (Wildman–Crippen LogP) is 4.35. The van der Waals surface area contributed by atoms with Crippen LogP contribution in [0.25, 0.3) is 28.1 Å². The minimum atomic E-state index is -0.814. The van der Waals surface area contributed by atoms with E-state index < -0.39 is 6.17 Å². The Kier molecular flexibility index (Phi) is 5.12. The van der Waals surface area contributed by atoms with Crippen LogP contribution >= 0.6 is 0 Å². The smallest absolute Gasteiger partial charge is 0.187 e. The van der Waals surface area contributed by atoms with Crippen LogP contribution in [-0.2, 0) is 6.42 Å². The molecule has 5 nitrogen and oxygen atoms in total. The first kappa shape index (κ1) is 19.1. The number of benzene rings is 1. The fourth-order valence-electron chi connectivity index (χ4n) is 4.33. The number of nitrogens with one attached hydrogen (secondary N) is 1. The van der Waals surface area contributed by atoms with Crippen molar-refractivity contribution in [3.05, 3.63) is 60.0 Å². The highest BCUT2D eigenvalue weighted by Crippen LogP contribution is 2.28. The van der Waals surface area contributed by atoms with Gasteiger partial charge in [-0.15, -0.1) is 10.2 Å². The molecule has 2 unspecified atom stereocenters. The van der Waals surface area contributed by atoms with Gasteiger partial charge in [0.05, 0.1) is 5.52 Å². The Labute approximate surface area is 173 Å². The zero-order valence-corrected chi connectivity index (χ0v) is 16.6. The molecular formula is C23H23F2N5. The summed E-state index contributed by atoms with van der Waals surface area (Å²) in [5.74, 6) is 0.336. The summed E-state index contributed by atoms with van der Waals surface area (Å²) in [6.45, 7) is 1.55. The molecule has 4 aromatic rings. The maximum Gasteiger partial charge on any atom is 0.187 e. The third-order valence-corrected chi connectivity index (χ3v) is 5.96. The van der Waals surface area contributed by atoms with E-state index in [-0.39, 0.29) is 11.7 Å². The number of nitrogens with zero attached hydrogens (tertiary/aromatic N) is 4. The van der Waals surface area contributed by atoms with E-state index in [1.165, 1.54) is 12.1 Å². The van der Waals surface area contributed by atoms with E-state index in [0.717, 1.165) is 41.6 Å². The molecule has 0 amide bonds. The average Bonchev–Trinajstić information content (AvgIpc) is 3.08. The Hall–Kier alpha value is -2.93. The van der Waals surface area contributed by atoms with E-state index in [9.17, 15) is 8.78 Å². The van der Waals surface area contributed by atoms with Crippen LogP contribution in [0.3, 0.4) is 0 Å². The van der Waals surface area contributed by atoms with E-state index >= 15 is 0 Å². The first-order valence-electron chi connectivity index (χ1n) is 10.4. The first-order chi connectivity index (χ1) is 14.7. The molecular weight excluding hydrogens is 384 g/mol. The Balaban J connectivity index is 1.50. The SMILES string of the molecule is Fc1cc(CCC2CCNCCC2F)c2nc(-c3nnc4ccccn34)ccc2c1. The normalized spacial score (nSPS) is 19.9. The number of alkyl halides is 1. The number of rotatable bonds is 4. The highest BCUT2D eigenvalue weighted by molar-refractivity contribution is 5.84. The molecule has 0 bridgehead atoms. The number of aryl methyl sites for hydroxylation is 1. The Bertz CT molecular complexity index is 1190. The summed E-state index contributed by atoms with van der Waals surface area (Å²) in [4.78, 5) is 4.81. The summed E-state index contributed by atoms with van der Waals surface area (Å²) in [6, 6.07) is 12.4. The van der Waals surface area contributed by atoms with Gasteiger partial charge < -0.3 is 5.32 Å². The van der Waals surface area contributed by atoms with Crippen LogP contribution < -0.4 is 5.32 Å². The predicted molar refractivity (Wildman–Crippen MR) is 112 cm³/mol. The van der Waals surface area contributed by atoms with Crippen molar-refractivity contribution in [2.75, 3.05) is 13.1 Å². The van der Waals surface area contributed by atoms with Crippen molar-refractivity contribution in [2.24, 2.45) is 5.92 Å². The van der Waals surface area contributed by atoms with Gasteiger partial charge in [-0.2, -0.15) is 0 Å². The quantitative estimate of drug-likeness (QED) is 0.546. The molecule has 0 aliphatic carbocycles. The molecule has 1 aromatic carbocycles. The van der Waals surface area contributed by atoms with Crippen molar-refractivity contribution in [3.63, 3.8) is 0 Å². The van der Waals surface area contributed by atoms with Crippen LogP contribution in [0.1, 0.15) is 24.8 Å². The second-order valence-corrected chi connectivity index (χ2v) is 7.93. The van der Waals surface area contributed by atoms with Gasteiger partial charge in [0, 0.05) is 11.6 Å². The first-order valence-corrected chi connectivity index (χ1v) is 10.4. The maximum atomic E-state index is 14.5. The molecule has 4 heterocycles. The lowest BCUT2D eigenvalue weighted by Crippen LogP contribution is -2.16. The lowest BCUT2D eigenvalue weighted by Gasteiger charge is -2.18. The summed E-state index contributed by atoms with van der Waals surface area (Å²) in [7, 11) is 0. The molecule has 1 fully saturated rings. The van der Waals surface area contributed by atoms with E-state index in [4.69, 9.17) is 4.98 Å². The van der Waals surface area contributed by atoms with Crippen molar-refractivity contribution in [3.8, 4) is 11.5 Å². The van der Waals surface area contributed by atoms with Crippen LogP contribution in [0.15, 0.2) is 48.7 Å². The number of pyridine rings is 2. The molecule has 7 heteroatoms. The molecule has 30 heavy (non-hydrogen) atoms. The molecule has 154 valence electrons. The number of aromatic nitrogens is 4. The molecule has 0 saturated carbocycles. The zero-order chi connectivity index (χ0) is 20.5. The fourth-order valence-corrected chi connectivity index (χ4v) is 4.33. The number of hydrogen-bond acceptors (Lipinski definition) is 4. The minimum absolute atomic E-state index is 0.0121. The van der Waals surface area contributed by atoms with Gasteiger partial charge in [-0.25, -0.2) is 13.8 Å². The Morgan fingerprint density at radius 1 is 1.07 bits per heavy atom. The number of hydrogen-bond donors (Lipinski definition) is 1. The molecule has 0 radical (unpaired) electrons. The van der Waals surface area contributed by atoms with Gasteiger partial charge in [-0.1, -0.05) is 12.1 Å². The van der Waals surface area contributed by atoms with Gasteiger partial charge in [0.1, 0.15) is 17.7 Å². The van der Waals surface area contributed by atoms with Crippen molar-refractivity contribution >= 4 is 16.6 Å². The van der Waals surface area contributed by atoms with Crippen LogP contribution in [0.4, 0.5) is 8.78 Å². The van der Waals surface area contributed by atoms with Gasteiger partial charge in [0.15, 0.2) is 11.5 Å². The Morgan fingerprint density at radius 3 is 2.90 bits per heavy atom. The summed E-state index contributed by atoms with van der Waals surface area (Å²) >= 11 is 0. The third kappa shape index (κ3) is 3.65. The second-order valence-electron chi connectivity index (χ2n) is 7.93. The molecule has 1 saturated heterocycles. The van der Waals surface area contributed by atoms with Gasteiger partial charge in [-0.3, -0.25) is 4.40 Å². The van der Waals surface area contributed by atoms with Crippen molar-refractivity contribution in [1.29, 1.82) is 0 Å². The van der Waals surface area contributed by atoms with E-state index in [1.54, 1.807) is 0 Å². The van der Waals surface area contributed by atoms with Crippen LogP contribution in [0, 0.1) is 11.7 Å². The maximum absolute atomic E-state index is 14.5. The summed E-state index contributed by atoms with van der Waals surface area (Å²) in [5.41, 5.74) is 2.97. The highest BCUT2D eigenvalue weighted by Gasteiger charge is 2.23. The second kappa shape index (κ2) is 8.07. The van der Waals surface area contributed by atoms with Gasteiger partial charge in [0.25, 0.3) is 0 Å². The number of fused-ring (bicyclic) bond motifs is 2. The largest absolute Gasteiger partial charge is 0.317 e. The standard InChI is InChI=1S/C23H23F2N5/c24-18-13-16(5-4-15-8-10-26-11-9-19(15)25)22-17(14-18)6-7-20(27-22)23-29-28-21-3-1-2-12-30(21)23/h1-3,6-7,12-15,19,26H,4-5,8-11H2. The molecule has 2 atom stereocenters. The monoisotopic (exact) mass is 407 g/mol. The topological polar surface area (TPSA) is 55.1 Å². The lowest BCUT2D eigenvalue weighted by molar-refractivity contribution is 0.211. The highest BCUT2D eigenvalue weighted by atomic mass is 19.1.